The average molecular weight is 387 g/mol. The van der Waals surface area contributed by atoms with Crippen molar-refractivity contribution < 1.29 is 13.9 Å². The smallest absolute Gasteiger partial charge is 0.292 e. The van der Waals surface area contributed by atoms with Gasteiger partial charge in [0, 0.05) is 5.71 Å². The van der Waals surface area contributed by atoms with E-state index in [1.54, 1.807) is 19.2 Å². The molecule has 2 aromatic carbocycles. The second-order valence-electron chi connectivity index (χ2n) is 6.58. The molecule has 0 saturated heterocycles. The van der Waals surface area contributed by atoms with Crippen LogP contribution in [0.3, 0.4) is 0 Å². The Morgan fingerprint density at radius 1 is 1.03 bits per heavy atom. The van der Waals surface area contributed by atoms with E-state index in [1.807, 2.05) is 48.5 Å². The third-order valence-electron chi connectivity index (χ3n) is 4.79. The SMILES string of the molecule is CCC1=Nc2ccccc2N=C(NC(=O)c2ccco2)[C@@H]1c1ccc(OC)cc1. The van der Waals surface area contributed by atoms with Gasteiger partial charge >= 0.3 is 0 Å². The molecule has 1 atom stereocenters. The number of amidine groups is 1. The predicted molar refractivity (Wildman–Crippen MR) is 113 cm³/mol. The number of nitrogens with one attached hydrogen (secondary N) is 1. The van der Waals surface area contributed by atoms with Gasteiger partial charge in [-0.1, -0.05) is 31.2 Å². The van der Waals surface area contributed by atoms with E-state index < -0.39 is 0 Å². The zero-order valence-corrected chi connectivity index (χ0v) is 16.3. The molecule has 3 aromatic rings. The molecule has 146 valence electrons. The maximum Gasteiger partial charge on any atom is 0.292 e. The lowest BCUT2D eigenvalue weighted by Crippen LogP contribution is -2.37. The van der Waals surface area contributed by atoms with Crippen LogP contribution in [-0.2, 0) is 0 Å². The van der Waals surface area contributed by atoms with Crippen LogP contribution in [0.15, 0.2) is 81.3 Å². The highest BCUT2D eigenvalue weighted by Gasteiger charge is 2.28. The molecule has 1 N–H and O–H groups in total. The third kappa shape index (κ3) is 3.82. The van der Waals surface area contributed by atoms with Crippen molar-refractivity contribution in [3.63, 3.8) is 0 Å². The topological polar surface area (TPSA) is 76.2 Å². The molecule has 0 bridgehead atoms. The summed E-state index contributed by atoms with van der Waals surface area (Å²) in [6.07, 6.45) is 2.18. The van der Waals surface area contributed by atoms with Gasteiger partial charge in [-0.3, -0.25) is 9.79 Å². The van der Waals surface area contributed by atoms with E-state index in [0.717, 1.165) is 22.7 Å². The lowest BCUT2D eigenvalue weighted by atomic mass is 9.91. The summed E-state index contributed by atoms with van der Waals surface area (Å²) in [5.74, 6) is 0.869. The van der Waals surface area contributed by atoms with Crippen molar-refractivity contribution in [2.75, 3.05) is 7.11 Å². The molecule has 2 heterocycles. The first-order valence-corrected chi connectivity index (χ1v) is 9.43. The highest BCUT2D eigenvalue weighted by molar-refractivity contribution is 6.19. The molecule has 1 aliphatic rings. The van der Waals surface area contributed by atoms with Crippen LogP contribution in [0.5, 0.6) is 5.75 Å². The molecule has 0 spiro atoms. The number of hydrogen-bond acceptors (Lipinski definition) is 5. The highest BCUT2D eigenvalue weighted by Crippen LogP contribution is 2.35. The Balaban J connectivity index is 1.82. The number of carbonyl (C=O) groups excluding carboxylic acids is 1. The zero-order valence-electron chi connectivity index (χ0n) is 16.3. The van der Waals surface area contributed by atoms with Crippen LogP contribution >= 0.6 is 0 Å². The third-order valence-corrected chi connectivity index (χ3v) is 4.79. The average Bonchev–Trinajstić information content (AvgIpc) is 3.24. The Kier molecular flexibility index (Phi) is 5.24. The van der Waals surface area contributed by atoms with Gasteiger partial charge in [-0.2, -0.15) is 0 Å². The van der Waals surface area contributed by atoms with Gasteiger partial charge in [-0.15, -0.1) is 0 Å². The number of para-hydroxylation sites is 2. The number of furan rings is 1. The second-order valence-corrected chi connectivity index (χ2v) is 6.58. The molecule has 4 rings (SSSR count). The molecule has 0 aliphatic carbocycles. The van der Waals surface area contributed by atoms with E-state index in [2.05, 4.69) is 12.2 Å². The number of rotatable bonds is 4. The van der Waals surface area contributed by atoms with Crippen molar-refractivity contribution in [2.45, 2.75) is 19.3 Å². The van der Waals surface area contributed by atoms with Crippen molar-refractivity contribution >= 4 is 28.8 Å². The van der Waals surface area contributed by atoms with Crippen LogP contribution in [0.1, 0.15) is 35.4 Å². The van der Waals surface area contributed by atoms with Gasteiger partial charge in [-0.25, -0.2) is 4.99 Å². The molecule has 0 saturated carbocycles. The summed E-state index contributed by atoms with van der Waals surface area (Å²) in [7, 11) is 1.63. The first-order chi connectivity index (χ1) is 14.2. The minimum Gasteiger partial charge on any atom is -0.497 e. The van der Waals surface area contributed by atoms with Crippen LogP contribution in [0.4, 0.5) is 11.4 Å². The molecule has 0 unspecified atom stereocenters. The quantitative estimate of drug-likeness (QED) is 0.682. The van der Waals surface area contributed by atoms with E-state index in [0.29, 0.717) is 17.9 Å². The van der Waals surface area contributed by atoms with Gasteiger partial charge in [0.25, 0.3) is 5.91 Å². The van der Waals surface area contributed by atoms with Crippen molar-refractivity contribution in [3.8, 4) is 5.75 Å². The first kappa shape index (κ1) is 18.7. The zero-order chi connectivity index (χ0) is 20.2. The fraction of sp³-hybridized carbons (Fsp3) is 0.174. The summed E-state index contributed by atoms with van der Waals surface area (Å²) in [4.78, 5) is 22.4. The molecule has 29 heavy (non-hydrogen) atoms. The fourth-order valence-corrected chi connectivity index (χ4v) is 3.34. The number of ether oxygens (including phenoxy) is 1. The van der Waals surface area contributed by atoms with Crippen LogP contribution < -0.4 is 10.1 Å². The Morgan fingerprint density at radius 3 is 2.38 bits per heavy atom. The van der Waals surface area contributed by atoms with Crippen molar-refractivity contribution in [1.29, 1.82) is 0 Å². The van der Waals surface area contributed by atoms with Gasteiger partial charge in [0.05, 0.1) is 30.7 Å². The van der Waals surface area contributed by atoms with Gasteiger partial charge in [0.15, 0.2) is 5.76 Å². The second kappa shape index (κ2) is 8.14. The van der Waals surface area contributed by atoms with Gasteiger partial charge in [-0.05, 0) is 48.4 Å². The number of methoxy groups -OCH3 is 1. The molecule has 1 aliphatic heterocycles. The summed E-state index contributed by atoms with van der Waals surface area (Å²) in [5.41, 5.74) is 3.38. The normalized spacial score (nSPS) is 15.6. The summed E-state index contributed by atoms with van der Waals surface area (Å²) in [6, 6.07) is 18.7. The number of benzene rings is 2. The standard InChI is InChI=1S/C23H21N3O3/c1-3-17-21(15-10-12-16(28-2)13-11-15)22(26-23(27)20-9-6-14-29-20)25-19-8-5-4-7-18(19)24-17/h4-14,21H,3H2,1-2H3,(H,25,26,27)/t21-/m1/s1. The number of amides is 1. The number of carbonyl (C=O) groups is 1. The van der Waals surface area contributed by atoms with Gasteiger partial charge < -0.3 is 14.5 Å². The van der Waals surface area contributed by atoms with Gasteiger partial charge in [0.2, 0.25) is 0 Å². The van der Waals surface area contributed by atoms with Crippen molar-refractivity contribution in [3.05, 3.63) is 78.3 Å². The summed E-state index contributed by atoms with van der Waals surface area (Å²) >= 11 is 0. The molecule has 1 aromatic heterocycles. The Morgan fingerprint density at radius 2 is 1.76 bits per heavy atom. The van der Waals surface area contributed by atoms with E-state index in [9.17, 15) is 4.79 Å². The summed E-state index contributed by atoms with van der Waals surface area (Å²) < 4.78 is 10.5. The maximum absolute atomic E-state index is 12.7. The largest absolute Gasteiger partial charge is 0.497 e. The van der Waals surface area contributed by atoms with Crippen LogP contribution in [-0.4, -0.2) is 24.6 Å². The number of nitrogens with zero attached hydrogens (tertiary/aromatic N) is 2. The van der Waals surface area contributed by atoms with E-state index in [1.165, 1.54) is 6.26 Å². The lowest BCUT2D eigenvalue weighted by Gasteiger charge is -2.20. The Hall–Kier alpha value is -3.67. The maximum atomic E-state index is 12.7. The summed E-state index contributed by atoms with van der Waals surface area (Å²) in [6.45, 7) is 2.05. The first-order valence-electron chi connectivity index (χ1n) is 9.43. The van der Waals surface area contributed by atoms with Gasteiger partial charge in [0.1, 0.15) is 11.6 Å². The van der Waals surface area contributed by atoms with Crippen LogP contribution in [0, 0.1) is 0 Å². The monoisotopic (exact) mass is 387 g/mol. The molecule has 6 heteroatoms. The number of hydrogen-bond donors (Lipinski definition) is 1. The van der Waals surface area contributed by atoms with Crippen molar-refractivity contribution in [2.24, 2.45) is 9.98 Å². The molecule has 0 fully saturated rings. The number of aliphatic imine (C=N–C) groups is 2. The van der Waals surface area contributed by atoms with Crippen LogP contribution in [0.2, 0.25) is 0 Å². The Labute approximate surface area is 169 Å². The predicted octanol–water partition coefficient (Wildman–Crippen LogP) is 5.03. The molecule has 1 amide bonds. The van der Waals surface area contributed by atoms with E-state index in [-0.39, 0.29) is 17.6 Å². The minimum absolute atomic E-state index is 0.230. The molecule has 6 nitrogen and oxygen atoms in total. The van der Waals surface area contributed by atoms with Crippen molar-refractivity contribution in [1.82, 2.24) is 5.32 Å². The van der Waals surface area contributed by atoms with E-state index >= 15 is 0 Å². The van der Waals surface area contributed by atoms with E-state index in [4.69, 9.17) is 19.1 Å². The summed E-state index contributed by atoms with van der Waals surface area (Å²) in [5, 5.41) is 2.95. The molecular formula is C23H21N3O3. The van der Waals surface area contributed by atoms with Crippen LogP contribution in [0.25, 0.3) is 0 Å². The Bertz CT molecular complexity index is 1070. The minimum atomic E-state index is -0.345. The fourth-order valence-electron chi connectivity index (χ4n) is 3.34. The highest BCUT2D eigenvalue weighted by atomic mass is 16.5. The molecule has 0 radical (unpaired) electrons. The number of fused-ring (bicyclic) bond motifs is 1. The lowest BCUT2D eigenvalue weighted by molar-refractivity contribution is 0.0949. The molecular weight excluding hydrogens is 366 g/mol.